The van der Waals surface area contributed by atoms with E-state index in [-0.39, 0.29) is 37.4 Å². The zero-order valence-corrected chi connectivity index (χ0v) is 34.6. The highest BCUT2D eigenvalue weighted by Crippen LogP contribution is 2.58. The van der Waals surface area contributed by atoms with Crippen molar-refractivity contribution >= 4 is 10.9 Å². The van der Waals surface area contributed by atoms with Gasteiger partial charge in [0.2, 0.25) is 0 Å². The fraction of sp³-hybridized carbons (Fsp3) is 0.447. The average molecular weight is 823 g/mol. The van der Waals surface area contributed by atoms with Crippen LogP contribution >= 0.6 is 0 Å². The molecule has 3 aliphatic rings. The normalized spacial score (nSPS) is 21.0. The Morgan fingerprint density at radius 2 is 1.85 bits per heavy atom. The molecule has 3 heterocycles. The number of hydrogen-bond acceptors (Lipinski definition) is 12. The van der Waals surface area contributed by atoms with Gasteiger partial charge in [-0.3, -0.25) is 5.32 Å². The van der Waals surface area contributed by atoms with E-state index in [1.54, 1.807) is 19.1 Å². The fourth-order valence-electron chi connectivity index (χ4n) is 9.52. The minimum absolute atomic E-state index is 0.000962. The summed E-state index contributed by atoms with van der Waals surface area (Å²) in [6.07, 6.45) is 4.24. The van der Waals surface area contributed by atoms with Crippen molar-refractivity contribution in [2.24, 2.45) is 0 Å². The summed E-state index contributed by atoms with van der Waals surface area (Å²) in [5.74, 6) is 1.95. The fourth-order valence-corrected chi connectivity index (χ4v) is 9.52. The van der Waals surface area contributed by atoms with Gasteiger partial charge >= 0.3 is 0 Å². The van der Waals surface area contributed by atoms with E-state index in [9.17, 15) is 25.5 Å². The predicted octanol–water partition coefficient (Wildman–Crippen LogP) is 4.87. The Labute approximate surface area is 350 Å². The third-order valence-corrected chi connectivity index (χ3v) is 12.3. The molecular formula is C47H58N4O9. The maximum Gasteiger partial charge on any atom is 0.161 e. The first-order valence-corrected chi connectivity index (χ1v) is 21.1. The standard InChI is InChI=1S/C47H58N4O9/c1-27(54)22-49-25-50-24-47(58-26-48-2)21-39-38-18-31(16-28-6-11-40-29(15-28)12-13-51-40)37-20-33(55)7-9-35(37)42(38)45-36(10-8-34(23-53)59-45)44(39)60-46(47)32-17-30(5-4-14-52)43(56)41(19-32)57-3/h6-7,9,11-13,15,17,19-20,27,31,34,46,48-56H,4-5,8,10,14,16,18,21-26H2,1-3H3. The molecule has 5 unspecified atom stereocenters. The molecule has 0 bridgehead atoms. The molecule has 13 nitrogen and oxygen atoms in total. The predicted molar refractivity (Wildman–Crippen MR) is 229 cm³/mol. The van der Waals surface area contributed by atoms with Crippen LogP contribution in [0.1, 0.15) is 70.7 Å². The Kier molecular flexibility index (Phi) is 12.6. The molecule has 60 heavy (non-hydrogen) atoms. The van der Waals surface area contributed by atoms with Crippen molar-refractivity contribution in [1.82, 2.24) is 20.9 Å². The Bertz CT molecular complexity index is 2310. The lowest BCUT2D eigenvalue weighted by atomic mass is 9.70. The summed E-state index contributed by atoms with van der Waals surface area (Å²) in [6.45, 7) is 2.95. The second kappa shape index (κ2) is 18.0. The SMILES string of the molecule is CNCOC1(CNCNCC(C)O)Cc2c3c(c4c(c2OC1c1cc(CCCO)c(O)c(OC)c1)CCC(CO)O4)-c1ccc(O)cc1C(Cc1ccc2[nH]ccc2c1)C3. The zero-order valence-electron chi connectivity index (χ0n) is 34.6. The van der Waals surface area contributed by atoms with E-state index in [1.165, 1.54) is 12.7 Å². The summed E-state index contributed by atoms with van der Waals surface area (Å²) >= 11 is 0. The molecule has 0 saturated heterocycles. The monoisotopic (exact) mass is 822 g/mol. The van der Waals surface area contributed by atoms with Gasteiger partial charge in [0.05, 0.1) is 26.6 Å². The van der Waals surface area contributed by atoms with E-state index in [4.69, 9.17) is 18.9 Å². The molecular weight excluding hydrogens is 765 g/mol. The van der Waals surface area contributed by atoms with Crippen molar-refractivity contribution in [2.75, 3.05) is 53.9 Å². The summed E-state index contributed by atoms with van der Waals surface area (Å²) < 4.78 is 26.9. The Balaban J connectivity index is 1.32. The average Bonchev–Trinajstić information content (AvgIpc) is 3.73. The zero-order chi connectivity index (χ0) is 42.0. The van der Waals surface area contributed by atoms with Crippen molar-refractivity contribution in [3.8, 4) is 39.9 Å². The smallest absolute Gasteiger partial charge is 0.161 e. The molecule has 320 valence electrons. The van der Waals surface area contributed by atoms with Crippen LogP contribution in [0.25, 0.3) is 22.0 Å². The van der Waals surface area contributed by atoms with Crippen molar-refractivity contribution in [1.29, 1.82) is 0 Å². The number of aryl methyl sites for hydroxylation is 1. The number of benzene rings is 4. The van der Waals surface area contributed by atoms with Gasteiger partial charge < -0.3 is 60.1 Å². The number of aromatic hydroxyl groups is 2. The van der Waals surface area contributed by atoms with E-state index >= 15 is 0 Å². The molecule has 0 fully saturated rings. The lowest BCUT2D eigenvalue weighted by Crippen LogP contribution is -2.56. The van der Waals surface area contributed by atoms with Gasteiger partial charge in [0.1, 0.15) is 29.0 Å². The largest absolute Gasteiger partial charge is 0.508 e. The lowest BCUT2D eigenvalue weighted by molar-refractivity contribution is -0.129. The number of methoxy groups -OCH3 is 1. The number of aliphatic hydroxyl groups excluding tert-OH is 3. The van der Waals surface area contributed by atoms with Crippen LogP contribution < -0.4 is 30.2 Å². The number of H-pyrrole nitrogens is 1. The summed E-state index contributed by atoms with van der Waals surface area (Å²) in [5, 5.41) is 63.5. The Morgan fingerprint density at radius 3 is 2.63 bits per heavy atom. The minimum Gasteiger partial charge on any atom is -0.508 e. The van der Waals surface area contributed by atoms with Crippen LogP contribution in [-0.2, 0) is 36.8 Å². The van der Waals surface area contributed by atoms with Crippen LogP contribution in [0.5, 0.6) is 28.7 Å². The number of aromatic nitrogens is 1. The van der Waals surface area contributed by atoms with Crippen LogP contribution in [-0.4, -0.2) is 102 Å². The van der Waals surface area contributed by atoms with Crippen molar-refractivity contribution in [3.05, 3.63) is 99.7 Å². The highest BCUT2D eigenvalue weighted by Gasteiger charge is 2.50. The van der Waals surface area contributed by atoms with Gasteiger partial charge in [-0.25, -0.2) is 0 Å². The third-order valence-electron chi connectivity index (χ3n) is 12.3. The molecule has 5 atom stereocenters. The van der Waals surface area contributed by atoms with Crippen LogP contribution in [0.15, 0.2) is 60.8 Å². The number of phenols is 2. The molecule has 2 aliphatic heterocycles. The minimum atomic E-state index is -1.02. The molecule has 0 saturated carbocycles. The first-order valence-electron chi connectivity index (χ1n) is 21.1. The van der Waals surface area contributed by atoms with E-state index in [0.29, 0.717) is 75.3 Å². The first-order chi connectivity index (χ1) is 29.2. The number of nitrogens with one attached hydrogen (secondary N) is 4. The molecule has 5 aromatic rings. The van der Waals surface area contributed by atoms with Crippen molar-refractivity contribution in [2.45, 2.75) is 81.7 Å². The molecule has 4 aromatic carbocycles. The number of hydrogen-bond donors (Lipinski definition) is 9. The van der Waals surface area contributed by atoms with Crippen LogP contribution in [0.2, 0.25) is 0 Å². The topological polar surface area (TPSA) is 190 Å². The number of phenolic OH excluding ortho intramolecular Hbond substituents is 2. The molecule has 0 amide bonds. The van der Waals surface area contributed by atoms with Gasteiger partial charge in [-0.05, 0) is 140 Å². The first kappa shape index (κ1) is 41.9. The maximum absolute atomic E-state index is 11.2. The molecule has 13 heteroatoms. The summed E-state index contributed by atoms with van der Waals surface area (Å²) in [5.41, 5.74) is 8.64. The van der Waals surface area contributed by atoms with Gasteiger partial charge in [0.15, 0.2) is 17.6 Å². The molecule has 0 radical (unpaired) electrons. The second-order valence-electron chi connectivity index (χ2n) is 16.6. The number of aromatic amines is 1. The van der Waals surface area contributed by atoms with Gasteiger partial charge in [-0.1, -0.05) is 12.1 Å². The van der Waals surface area contributed by atoms with Gasteiger partial charge in [0.25, 0.3) is 0 Å². The quantitative estimate of drug-likeness (QED) is 0.0458. The number of aliphatic hydroxyl groups is 3. The highest BCUT2D eigenvalue weighted by atomic mass is 16.6. The van der Waals surface area contributed by atoms with Gasteiger partial charge in [-0.15, -0.1) is 0 Å². The second-order valence-corrected chi connectivity index (χ2v) is 16.6. The lowest BCUT2D eigenvalue weighted by Gasteiger charge is -2.47. The maximum atomic E-state index is 11.2. The Morgan fingerprint density at radius 1 is 0.983 bits per heavy atom. The molecule has 9 N–H and O–H groups in total. The van der Waals surface area contributed by atoms with E-state index in [0.717, 1.165) is 62.0 Å². The van der Waals surface area contributed by atoms with E-state index < -0.39 is 23.9 Å². The number of fused-ring (bicyclic) bond motifs is 9. The van der Waals surface area contributed by atoms with E-state index in [1.807, 2.05) is 31.4 Å². The summed E-state index contributed by atoms with van der Waals surface area (Å²) in [6, 6.07) is 17.9. The summed E-state index contributed by atoms with van der Waals surface area (Å²) in [4.78, 5) is 3.30. The molecule has 8 rings (SSSR count). The van der Waals surface area contributed by atoms with Crippen LogP contribution in [0.3, 0.4) is 0 Å². The number of ether oxygens (including phenoxy) is 4. The Hall–Kier alpha value is -4.86. The van der Waals surface area contributed by atoms with E-state index in [2.05, 4.69) is 45.2 Å². The molecule has 0 spiro atoms. The summed E-state index contributed by atoms with van der Waals surface area (Å²) in [7, 11) is 3.36. The number of rotatable bonds is 17. The van der Waals surface area contributed by atoms with Gasteiger partial charge in [0, 0.05) is 61.2 Å². The van der Waals surface area contributed by atoms with Crippen molar-refractivity contribution in [3.63, 3.8) is 0 Å². The van der Waals surface area contributed by atoms with Gasteiger partial charge in [-0.2, -0.15) is 0 Å². The molecule has 1 aliphatic carbocycles. The van der Waals surface area contributed by atoms with Crippen LogP contribution in [0.4, 0.5) is 0 Å². The molecule has 1 aromatic heterocycles. The van der Waals surface area contributed by atoms with Crippen molar-refractivity contribution < 1.29 is 44.5 Å². The highest BCUT2D eigenvalue weighted by molar-refractivity contribution is 5.85. The third kappa shape index (κ3) is 8.15. The van der Waals surface area contributed by atoms with Crippen LogP contribution in [0, 0.1) is 0 Å².